The standard InChI is InChI=1S/C14H18N2O2/c1-10-3-5-11(6-4-10)12(15-2)9-16-13(17)7-8-14(16)18/h3-6,12,15H,7-9H2,1-2H3. The minimum absolute atomic E-state index is 0.00315. The van der Waals surface area contributed by atoms with E-state index in [2.05, 4.69) is 5.32 Å². The summed E-state index contributed by atoms with van der Waals surface area (Å²) in [7, 11) is 1.84. The van der Waals surface area contributed by atoms with Gasteiger partial charge in [0, 0.05) is 19.4 Å². The number of hydrogen-bond donors (Lipinski definition) is 1. The second kappa shape index (κ2) is 5.31. The highest BCUT2D eigenvalue weighted by atomic mass is 16.2. The van der Waals surface area contributed by atoms with Crippen molar-refractivity contribution in [3.05, 3.63) is 35.4 Å². The van der Waals surface area contributed by atoms with Crippen LogP contribution in [0.1, 0.15) is 30.0 Å². The van der Waals surface area contributed by atoms with Crippen molar-refractivity contribution in [2.24, 2.45) is 0 Å². The first-order chi connectivity index (χ1) is 8.61. The summed E-state index contributed by atoms with van der Waals surface area (Å²) in [5, 5.41) is 3.16. The van der Waals surface area contributed by atoms with E-state index in [-0.39, 0.29) is 17.9 Å². The van der Waals surface area contributed by atoms with Crippen molar-refractivity contribution < 1.29 is 9.59 Å². The summed E-state index contributed by atoms with van der Waals surface area (Å²) in [6.07, 6.45) is 0.701. The van der Waals surface area contributed by atoms with Crippen molar-refractivity contribution in [2.75, 3.05) is 13.6 Å². The summed E-state index contributed by atoms with van der Waals surface area (Å²) in [4.78, 5) is 24.6. The Hall–Kier alpha value is -1.68. The van der Waals surface area contributed by atoms with Crippen molar-refractivity contribution in [3.63, 3.8) is 0 Å². The zero-order valence-corrected chi connectivity index (χ0v) is 10.8. The van der Waals surface area contributed by atoms with Gasteiger partial charge in [-0.1, -0.05) is 29.8 Å². The molecule has 0 saturated carbocycles. The molecule has 0 bridgehead atoms. The Morgan fingerprint density at radius 1 is 1.17 bits per heavy atom. The number of benzene rings is 1. The van der Waals surface area contributed by atoms with Crippen molar-refractivity contribution >= 4 is 11.8 Å². The van der Waals surface area contributed by atoms with Crippen LogP contribution in [-0.4, -0.2) is 30.3 Å². The highest BCUT2D eigenvalue weighted by Crippen LogP contribution is 2.19. The van der Waals surface area contributed by atoms with E-state index in [1.807, 2.05) is 38.2 Å². The number of rotatable bonds is 4. The van der Waals surface area contributed by atoms with Gasteiger partial charge in [0.2, 0.25) is 11.8 Å². The minimum Gasteiger partial charge on any atom is -0.312 e. The van der Waals surface area contributed by atoms with Gasteiger partial charge in [-0.3, -0.25) is 14.5 Å². The van der Waals surface area contributed by atoms with Crippen molar-refractivity contribution in [1.29, 1.82) is 0 Å². The molecule has 2 amide bonds. The zero-order chi connectivity index (χ0) is 13.1. The SMILES string of the molecule is CNC(CN1C(=O)CCC1=O)c1ccc(C)cc1. The average Bonchev–Trinajstić information content (AvgIpc) is 2.68. The summed E-state index contributed by atoms with van der Waals surface area (Å²) < 4.78 is 0. The lowest BCUT2D eigenvalue weighted by Crippen LogP contribution is -2.37. The van der Waals surface area contributed by atoms with E-state index < -0.39 is 0 Å². The van der Waals surface area contributed by atoms with Gasteiger partial charge >= 0.3 is 0 Å². The van der Waals surface area contributed by atoms with Crippen LogP contribution in [0, 0.1) is 6.92 Å². The fourth-order valence-electron chi connectivity index (χ4n) is 2.17. The molecule has 18 heavy (non-hydrogen) atoms. The summed E-state index contributed by atoms with van der Waals surface area (Å²) in [6.45, 7) is 2.45. The summed E-state index contributed by atoms with van der Waals surface area (Å²) in [6, 6.07) is 8.13. The molecule has 1 heterocycles. The summed E-state index contributed by atoms with van der Waals surface area (Å²) in [5.74, 6) is -0.125. The number of imide groups is 1. The molecule has 1 saturated heterocycles. The molecule has 1 unspecified atom stereocenters. The quantitative estimate of drug-likeness (QED) is 0.817. The Labute approximate surface area is 107 Å². The molecule has 1 fully saturated rings. The summed E-state index contributed by atoms with van der Waals surface area (Å²) in [5.41, 5.74) is 2.29. The van der Waals surface area contributed by atoms with Gasteiger partial charge in [-0.05, 0) is 19.5 Å². The molecule has 1 N–H and O–H groups in total. The van der Waals surface area contributed by atoms with E-state index >= 15 is 0 Å². The Bertz CT molecular complexity index is 437. The van der Waals surface area contributed by atoms with Gasteiger partial charge in [0.1, 0.15) is 0 Å². The van der Waals surface area contributed by atoms with Crippen LogP contribution in [0.5, 0.6) is 0 Å². The number of amides is 2. The molecular weight excluding hydrogens is 228 g/mol. The van der Waals surface area contributed by atoms with Gasteiger partial charge < -0.3 is 5.32 Å². The first kappa shape index (κ1) is 12.8. The Kier molecular flexibility index (Phi) is 3.77. The topological polar surface area (TPSA) is 49.4 Å². The maximum atomic E-state index is 11.6. The monoisotopic (exact) mass is 246 g/mol. The molecule has 4 nitrogen and oxygen atoms in total. The van der Waals surface area contributed by atoms with Crippen molar-refractivity contribution in [3.8, 4) is 0 Å². The van der Waals surface area contributed by atoms with Crippen LogP contribution in [0.25, 0.3) is 0 Å². The number of likely N-dealkylation sites (tertiary alicyclic amines) is 1. The average molecular weight is 246 g/mol. The fraction of sp³-hybridized carbons (Fsp3) is 0.429. The number of nitrogens with one attached hydrogen (secondary N) is 1. The number of carbonyl (C=O) groups is 2. The molecule has 1 aliphatic heterocycles. The predicted molar refractivity (Wildman–Crippen MR) is 68.9 cm³/mol. The Morgan fingerprint density at radius 2 is 1.72 bits per heavy atom. The van der Waals surface area contributed by atoms with Gasteiger partial charge in [-0.25, -0.2) is 0 Å². The van der Waals surface area contributed by atoms with Crippen LogP contribution >= 0.6 is 0 Å². The normalized spacial score (nSPS) is 17.3. The third-order valence-corrected chi connectivity index (χ3v) is 3.35. The lowest BCUT2D eigenvalue weighted by molar-refractivity contribution is -0.138. The van der Waals surface area contributed by atoms with Crippen molar-refractivity contribution in [2.45, 2.75) is 25.8 Å². The molecule has 1 aromatic rings. The molecule has 0 aliphatic carbocycles. The van der Waals surface area contributed by atoms with Gasteiger partial charge in [-0.15, -0.1) is 0 Å². The number of hydrogen-bond acceptors (Lipinski definition) is 3. The number of carbonyl (C=O) groups excluding carboxylic acids is 2. The second-order valence-corrected chi connectivity index (χ2v) is 4.65. The van der Waals surface area contributed by atoms with Crippen LogP contribution < -0.4 is 5.32 Å². The molecule has 1 atom stereocenters. The molecule has 1 aliphatic rings. The minimum atomic E-state index is -0.0626. The van der Waals surface area contributed by atoms with E-state index in [4.69, 9.17) is 0 Å². The number of aryl methyl sites for hydroxylation is 1. The van der Waals surface area contributed by atoms with Gasteiger partial charge in [0.05, 0.1) is 6.04 Å². The zero-order valence-electron chi connectivity index (χ0n) is 10.8. The fourth-order valence-corrected chi connectivity index (χ4v) is 2.17. The van der Waals surface area contributed by atoms with E-state index in [9.17, 15) is 9.59 Å². The van der Waals surface area contributed by atoms with Gasteiger partial charge in [-0.2, -0.15) is 0 Å². The van der Waals surface area contributed by atoms with Crippen molar-refractivity contribution in [1.82, 2.24) is 10.2 Å². The Balaban J connectivity index is 2.12. The maximum absolute atomic E-state index is 11.6. The molecule has 0 radical (unpaired) electrons. The number of nitrogens with zero attached hydrogens (tertiary/aromatic N) is 1. The summed E-state index contributed by atoms with van der Waals surface area (Å²) >= 11 is 0. The van der Waals surface area contributed by atoms with E-state index in [1.54, 1.807) is 0 Å². The molecule has 96 valence electrons. The molecule has 4 heteroatoms. The third-order valence-electron chi connectivity index (χ3n) is 3.35. The molecule has 2 rings (SSSR count). The lowest BCUT2D eigenvalue weighted by atomic mass is 10.0. The van der Waals surface area contributed by atoms with Crippen LogP contribution in [0.15, 0.2) is 24.3 Å². The first-order valence-electron chi connectivity index (χ1n) is 6.19. The van der Waals surface area contributed by atoms with Gasteiger partial charge in [0.15, 0.2) is 0 Å². The molecule has 0 aromatic heterocycles. The van der Waals surface area contributed by atoms with Crippen LogP contribution in [0.3, 0.4) is 0 Å². The molecule has 0 spiro atoms. The smallest absolute Gasteiger partial charge is 0.229 e. The Morgan fingerprint density at radius 3 is 2.22 bits per heavy atom. The maximum Gasteiger partial charge on any atom is 0.229 e. The van der Waals surface area contributed by atoms with Gasteiger partial charge in [0.25, 0.3) is 0 Å². The van der Waals surface area contributed by atoms with E-state index in [0.29, 0.717) is 19.4 Å². The van der Waals surface area contributed by atoms with Crippen LogP contribution in [0.4, 0.5) is 0 Å². The lowest BCUT2D eigenvalue weighted by Gasteiger charge is -2.22. The first-order valence-corrected chi connectivity index (χ1v) is 6.19. The predicted octanol–water partition coefficient (Wildman–Crippen LogP) is 1.40. The third kappa shape index (κ3) is 2.59. The number of likely N-dealkylation sites (N-methyl/N-ethyl adjacent to an activating group) is 1. The van der Waals surface area contributed by atoms with Crippen LogP contribution in [0.2, 0.25) is 0 Å². The highest BCUT2D eigenvalue weighted by molar-refractivity contribution is 6.01. The highest BCUT2D eigenvalue weighted by Gasteiger charge is 2.30. The van der Waals surface area contributed by atoms with Crippen LogP contribution in [-0.2, 0) is 9.59 Å². The second-order valence-electron chi connectivity index (χ2n) is 4.65. The molecular formula is C14H18N2O2. The van der Waals surface area contributed by atoms with E-state index in [0.717, 1.165) is 5.56 Å². The van der Waals surface area contributed by atoms with E-state index in [1.165, 1.54) is 10.5 Å². The largest absolute Gasteiger partial charge is 0.312 e. The molecule has 1 aromatic carbocycles.